The highest BCUT2D eigenvalue weighted by Crippen LogP contribution is 2.41. The maximum atomic E-state index is 12.8. The number of rotatable bonds is 4. The van der Waals surface area contributed by atoms with E-state index in [-0.39, 0.29) is 17.4 Å². The summed E-state index contributed by atoms with van der Waals surface area (Å²) < 4.78 is 5.59. The first-order chi connectivity index (χ1) is 10.2. The smallest absolute Gasteiger partial charge is 0.230 e. The van der Waals surface area contributed by atoms with Gasteiger partial charge in [0.05, 0.1) is 11.5 Å². The van der Waals surface area contributed by atoms with E-state index in [0.29, 0.717) is 11.6 Å². The molecule has 1 unspecified atom stereocenters. The molecule has 1 aliphatic carbocycles. The number of nitrogens with one attached hydrogen (secondary N) is 1. The minimum atomic E-state index is -0.372. The van der Waals surface area contributed by atoms with Crippen LogP contribution in [0.1, 0.15) is 44.1 Å². The van der Waals surface area contributed by atoms with Gasteiger partial charge in [0, 0.05) is 18.2 Å². The van der Waals surface area contributed by atoms with E-state index in [1.807, 2.05) is 24.3 Å². The summed E-state index contributed by atoms with van der Waals surface area (Å²) in [6.07, 6.45) is 6.40. The van der Waals surface area contributed by atoms with Crippen molar-refractivity contribution in [1.82, 2.24) is 5.32 Å². The van der Waals surface area contributed by atoms with Crippen LogP contribution in [-0.4, -0.2) is 25.2 Å². The first-order valence-electron chi connectivity index (χ1n) is 7.87. The SMILES string of the molecule is O=C(NCC1CCCO1)C1(c2ccc(Cl)cc2)CCCC1. The molecule has 3 rings (SSSR count). The van der Waals surface area contributed by atoms with Crippen molar-refractivity contribution in [3.05, 3.63) is 34.9 Å². The van der Waals surface area contributed by atoms with Gasteiger partial charge in [0.2, 0.25) is 5.91 Å². The quantitative estimate of drug-likeness (QED) is 0.925. The van der Waals surface area contributed by atoms with E-state index in [1.165, 1.54) is 0 Å². The second-order valence-electron chi connectivity index (χ2n) is 6.14. The first kappa shape index (κ1) is 14.9. The number of halogens is 1. The van der Waals surface area contributed by atoms with Crippen LogP contribution in [0.2, 0.25) is 5.02 Å². The molecule has 0 spiro atoms. The molecule has 1 saturated carbocycles. The van der Waals surface area contributed by atoms with Gasteiger partial charge in [-0.1, -0.05) is 36.6 Å². The van der Waals surface area contributed by atoms with Crippen LogP contribution in [0.4, 0.5) is 0 Å². The van der Waals surface area contributed by atoms with E-state index >= 15 is 0 Å². The minimum absolute atomic E-state index is 0.151. The maximum absolute atomic E-state index is 12.8. The summed E-state index contributed by atoms with van der Waals surface area (Å²) in [5.41, 5.74) is 0.720. The summed E-state index contributed by atoms with van der Waals surface area (Å²) in [5, 5.41) is 3.84. The van der Waals surface area contributed by atoms with Crippen LogP contribution in [-0.2, 0) is 14.9 Å². The number of amides is 1. The van der Waals surface area contributed by atoms with Crippen molar-refractivity contribution in [3.63, 3.8) is 0 Å². The Kier molecular flexibility index (Phi) is 4.51. The van der Waals surface area contributed by atoms with E-state index in [1.54, 1.807) is 0 Å². The van der Waals surface area contributed by atoms with E-state index < -0.39 is 0 Å². The van der Waals surface area contributed by atoms with Gasteiger partial charge in [-0.25, -0.2) is 0 Å². The van der Waals surface area contributed by atoms with E-state index in [9.17, 15) is 4.79 Å². The molecule has 0 radical (unpaired) electrons. The van der Waals surface area contributed by atoms with Crippen LogP contribution in [0.15, 0.2) is 24.3 Å². The molecule has 1 N–H and O–H groups in total. The fraction of sp³-hybridized carbons (Fsp3) is 0.588. The summed E-state index contributed by atoms with van der Waals surface area (Å²) in [4.78, 5) is 12.8. The molecular formula is C17H22ClNO2. The standard InChI is InChI=1S/C17H22ClNO2/c18-14-7-5-13(6-8-14)17(9-1-2-10-17)16(20)19-12-15-4-3-11-21-15/h5-8,15H,1-4,9-12H2,(H,19,20). The second-order valence-corrected chi connectivity index (χ2v) is 6.58. The molecular weight excluding hydrogens is 286 g/mol. The summed E-state index contributed by atoms with van der Waals surface area (Å²) in [6, 6.07) is 7.76. The monoisotopic (exact) mass is 307 g/mol. The Morgan fingerprint density at radius 3 is 2.57 bits per heavy atom. The third kappa shape index (κ3) is 3.09. The fourth-order valence-electron chi connectivity index (χ4n) is 3.58. The van der Waals surface area contributed by atoms with Crippen molar-refractivity contribution in [2.24, 2.45) is 0 Å². The molecule has 114 valence electrons. The molecule has 2 fully saturated rings. The van der Waals surface area contributed by atoms with Crippen LogP contribution in [0.25, 0.3) is 0 Å². The lowest BCUT2D eigenvalue weighted by atomic mass is 9.78. The van der Waals surface area contributed by atoms with Crippen LogP contribution >= 0.6 is 11.6 Å². The second kappa shape index (κ2) is 6.37. The van der Waals surface area contributed by atoms with Gasteiger partial charge in [-0.3, -0.25) is 4.79 Å². The zero-order valence-electron chi connectivity index (χ0n) is 12.2. The van der Waals surface area contributed by atoms with Crippen molar-refractivity contribution in [2.45, 2.75) is 50.0 Å². The van der Waals surface area contributed by atoms with Crippen molar-refractivity contribution in [3.8, 4) is 0 Å². The predicted molar refractivity (Wildman–Crippen MR) is 83.6 cm³/mol. The number of hydrogen-bond donors (Lipinski definition) is 1. The van der Waals surface area contributed by atoms with Crippen molar-refractivity contribution in [2.75, 3.05) is 13.2 Å². The number of hydrogen-bond acceptors (Lipinski definition) is 2. The van der Waals surface area contributed by atoms with E-state index in [4.69, 9.17) is 16.3 Å². The summed E-state index contributed by atoms with van der Waals surface area (Å²) in [6.45, 7) is 1.46. The molecule has 2 aliphatic rings. The Bertz CT molecular complexity index is 488. The molecule has 1 heterocycles. The fourth-order valence-corrected chi connectivity index (χ4v) is 3.70. The largest absolute Gasteiger partial charge is 0.376 e. The van der Waals surface area contributed by atoms with Gasteiger partial charge in [0.25, 0.3) is 0 Å². The third-order valence-electron chi connectivity index (χ3n) is 4.80. The summed E-state index contributed by atoms with van der Waals surface area (Å²) in [7, 11) is 0. The number of carbonyl (C=O) groups is 1. The van der Waals surface area contributed by atoms with Crippen LogP contribution in [0.5, 0.6) is 0 Å². The van der Waals surface area contributed by atoms with Gasteiger partial charge in [-0.15, -0.1) is 0 Å². The topological polar surface area (TPSA) is 38.3 Å². The zero-order chi connectivity index (χ0) is 14.7. The Morgan fingerprint density at radius 2 is 1.95 bits per heavy atom. The normalized spacial score (nSPS) is 24.1. The Labute approximate surface area is 131 Å². The van der Waals surface area contributed by atoms with Crippen LogP contribution in [0.3, 0.4) is 0 Å². The Morgan fingerprint density at radius 1 is 1.24 bits per heavy atom. The molecule has 0 bridgehead atoms. The van der Waals surface area contributed by atoms with Crippen molar-refractivity contribution in [1.29, 1.82) is 0 Å². The Hall–Kier alpha value is -1.06. The molecule has 1 aliphatic heterocycles. The van der Waals surface area contributed by atoms with Crippen LogP contribution < -0.4 is 5.32 Å². The van der Waals surface area contributed by atoms with Gasteiger partial charge in [0.1, 0.15) is 0 Å². The average Bonchev–Trinajstić information content (AvgIpc) is 3.17. The van der Waals surface area contributed by atoms with E-state index in [0.717, 1.165) is 50.7 Å². The van der Waals surface area contributed by atoms with Gasteiger partial charge in [-0.05, 0) is 43.4 Å². The number of ether oxygens (including phenoxy) is 1. The van der Waals surface area contributed by atoms with Gasteiger partial charge >= 0.3 is 0 Å². The summed E-state index contributed by atoms with van der Waals surface area (Å²) >= 11 is 5.97. The average molecular weight is 308 g/mol. The minimum Gasteiger partial charge on any atom is -0.376 e. The third-order valence-corrected chi connectivity index (χ3v) is 5.05. The highest BCUT2D eigenvalue weighted by molar-refractivity contribution is 6.30. The molecule has 3 nitrogen and oxygen atoms in total. The highest BCUT2D eigenvalue weighted by Gasteiger charge is 2.42. The predicted octanol–water partition coefficient (Wildman–Crippen LogP) is 3.45. The molecule has 0 aromatic heterocycles. The maximum Gasteiger partial charge on any atom is 0.230 e. The molecule has 4 heteroatoms. The lowest BCUT2D eigenvalue weighted by Crippen LogP contribution is -2.45. The first-order valence-corrected chi connectivity index (χ1v) is 8.24. The van der Waals surface area contributed by atoms with Crippen molar-refractivity contribution < 1.29 is 9.53 Å². The molecule has 1 aromatic rings. The highest BCUT2D eigenvalue weighted by atomic mass is 35.5. The summed E-state index contributed by atoms with van der Waals surface area (Å²) in [5.74, 6) is 0.151. The van der Waals surface area contributed by atoms with Crippen molar-refractivity contribution >= 4 is 17.5 Å². The Balaban J connectivity index is 1.73. The molecule has 1 atom stereocenters. The van der Waals surface area contributed by atoms with Gasteiger partial charge in [-0.2, -0.15) is 0 Å². The van der Waals surface area contributed by atoms with Gasteiger partial charge < -0.3 is 10.1 Å². The lowest BCUT2D eigenvalue weighted by molar-refractivity contribution is -0.127. The van der Waals surface area contributed by atoms with E-state index in [2.05, 4.69) is 5.32 Å². The molecule has 1 aromatic carbocycles. The molecule has 21 heavy (non-hydrogen) atoms. The zero-order valence-corrected chi connectivity index (χ0v) is 13.0. The molecule has 1 saturated heterocycles. The molecule has 1 amide bonds. The number of carbonyl (C=O) groups excluding carboxylic acids is 1. The lowest BCUT2D eigenvalue weighted by Gasteiger charge is -2.29. The van der Waals surface area contributed by atoms with Gasteiger partial charge in [0.15, 0.2) is 0 Å². The number of benzene rings is 1. The van der Waals surface area contributed by atoms with Crippen LogP contribution in [0, 0.1) is 0 Å².